The minimum absolute atomic E-state index is 0.254. The molecule has 0 atom stereocenters. The summed E-state index contributed by atoms with van der Waals surface area (Å²) in [6.07, 6.45) is 3.56. The maximum absolute atomic E-state index is 10.2. The van der Waals surface area contributed by atoms with Gasteiger partial charge in [-0.05, 0) is 41.2 Å². The molecule has 1 aliphatic rings. The fraction of sp³-hybridized carbons (Fsp3) is 0.214. The van der Waals surface area contributed by atoms with E-state index in [2.05, 4.69) is 5.16 Å². The molecular formula is C14H13NO2. The topological polar surface area (TPSA) is 52.8 Å². The predicted octanol–water partition coefficient (Wildman–Crippen LogP) is 3.23. The highest BCUT2D eigenvalue weighted by Gasteiger charge is 2.28. The van der Waals surface area contributed by atoms with Crippen molar-refractivity contribution in [3.05, 3.63) is 41.5 Å². The molecule has 0 bridgehead atoms. The van der Waals surface area contributed by atoms with E-state index in [0.29, 0.717) is 11.5 Å². The van der Waals surface area contributed by atoms with E-state index in [1.165, 1.54) is 6.21 Å². The van der Waals surface area contributed by atoms with Crippen molar-refractivity contribution in [1.82, 2.24) is 0 Å². The standard InChI is InChI=1S/C14H13NO2/c16-14-12(9-5-6-9)7-10-3-1-2-4-11(10)13(14)8-15-17/h1-4,7-9,16-17H,5-6H2/b15-8+. The van der Waals surface area contributed by atoms with Crippen molar-refractivity contribution >= 4 is 17.0 Å². The zero-order valence-electron chi connectivity index (χ0n) is 9.30. The molecule has 3 heteroatoms. The SMILES string of the molecule is O/N=C/c1c(O)c(C2CC2)cc2ccccc12. The molecule has 3 rings (SSSR count). The van der Waals surface area contributed by atoms with Crippen LogP contribution in [-0.2, 0) is 0 Å². The summed E-state index contributed by atoms with van der Waals surface area (Å²) in [6, 6.07) is 9.85. The number of rotatable bonds is 2. The van der Waals surface area contributed by atoms with Crippen LogP contribution in [0.2, 0.25) is 0 Å². The Balaban J connectivity index is 2.34. The van der Waals surface area contributed by atoms with Crippen molar-refractivity contribution in [1.29, 1.82) is 0 Å². The third kappa shape index (κ3) is 1.64. The number of phenolic OH excluding ortho intramolecular Hbond substituents is 1. The van der Waals surface area contributed by atoms with Crippen molar-refractivity contribution in [2.24, 2.45) is 5.16 Å². The molecule has 1 saturated carbocycles. The number of aromatic hydroxyl groups is 1. The Bertz CT molecular complexity index is 600. The number of nitrogens with zero attached hydrogens (tertiary/aromatic N) is 1. The summed E-state index contributed by atoms with van der Waals surface area (Å²) >= 11 is 0. The molecule has 17 heavy (non-hydrogen) atoms. The molecule has 0 unspecified atom stereocenters. The van der Waals surface area contributed by atoms with Gasteiger partial charge in [-0.1, -0.05) is 29.4 Å². The summed E-state index contributed by atoms with van der Waals surface area (Å²) in [4.78, 5) is 0. The second kappa shape index (κ2) is 3.77. The van der Waals surface area contributed by atoms with Crippen LogP contribution < -0.4 is 0 Å². The Morgan fingerprint density at radius 1 is 1.24 bits per heavy atom. The quantitative estimate of drug-likeness (QED) is 0.470. The number of oxime groups is 1. The molecule has 0 amide bonds. The summed E-state index contributed by atoms with van der Waals surface area (Å²) in [6.45, 7) is 0. The first-order valence-electron chi connectivity index (χ1n) is 5.73. The molecule has 0 radical (unpaired) electrons. The van der Waals surface area contributed by atoms with Gasteiger partial charge in [-0.15, -0.1) is 0 Å². The third-order valence-corrected chi connectivity index (χ3v) is 3.29. The molecule has 2 N–H and O–H groups in total. The second-order valence-corrected chi connectivity index (χ2v) is 4.47. The summed E-state index contributed by atoms with van der Waals surface area (Å²) < 4.78 is 0. The first kappa shape index (κ1) is 10.1. The van der Waals surface area contributed by atoms with Gasteiger partial charge in [0.2, 0.25) is 0 Å². The van der Waals surface area contributed by atoms with E-state index in [1.807, 2.05) is 30.3 Å². The average Bonchev–Trinajstić information content (AvgIpc) is 3.17. The molecule has 2 aromatic carbocycles. The molecule has 86 valence electrons. The monoisotopic (exact) mass is 227 g/mol. The highest BCUT2D eigenvalue weighted by Crippen LogP contribution is 2.46. The molecular weight excluding hydrogens is 214 g/mol. The molecule has 1 fully saturated rings. The highest BCUT2D eigenvalue weighted by atomic mass is 16.4. The number of benzene rings is 2. The van der Waals surface area contributed by atoms with Crippen molar-refractivity contribution in [2.45, 2.75) is 18.8 Å². The predicted molar refractivity (Wildman–Crippen MR) is 67.0 cm³/mol. The lowest BCUT2D eigenvalue weighted by Gasteiger charge is -2.10. The molecule has 3 nitrogen and oxygen atoms in total. The Kier molecular flexibility index (Phi) is 2.25. The molecule has 2 aromatic rings. The molecule has 0 heterocycles. The van der Waals surface area contributed by atoms with Crippen molar-refractivity contribution < 1.29 is 10.3 Å². The van der Waals surface area contributed by atoms with Gasteiger partial charge in [0.1, 0.15) is 5.75 Å². The van der Waals surface area contributed by atoms with Crippen LogP contribution in [0.5, 0.6) is 5.75 Å². The zero-order chi connectivity index (χ0) is 11.8. The van der Waals surface area contributed by atoms with E-state index in [0.717, 1.165) is 29.2 Å². The van der Waals surface area contributed by atoms with Crippen LogP contribution in [0, 0.1) is 0 Å². The third-order valence-electron chi connectivity index (χ3n) is 3.29. The second-order valence-electron chi connectivity index (χ2n) is 4.47. The molecule has 1 aliphatic carbocycles. The Morgan fingerprint density at radius 3 is 2.71 bits per heavy atom. The number of fused-ring (bicyclic) bond motifs is 1. The van der Waals surface area contributed by atoms with E-state index < -0.39 is 0 Å². The Hall–Kier alpha value is -2.03. The van der Waals surface area contributed by atoms with Gasteiger partial charge in [0, 0.05) is 5.56 Å². The lowest BCUT2D eigenvalue weighted by Crippen LogP contribution is -1.91. The lowest BCUT2D eigenvalue weighted by atomic mass is 9.97. The minimum Gasteiger partial charge on any atom is -0.507 e. The van der Waals surface area contributed by atoms with Crippen LogP contribution in [0.25, 0.3) is 10.8 Å². The highest BCUT2D eigenvalue weighted by molar-refractivity contribution is 6.03. The normalized spacial score (nSPS) is 15.8. The van der Waals surface area contributed by atoms with E-state index in [1.54, 1.807) is 0 Å². The van der Waals surface area contributed by atoms with Gasteiger partial charge in [0.05, 0.1) is 6.21 Å². The summed E-state index contributed by atoms with van der Waals surface area (Å²) in [7, 11) is 0. The van der Waals surface area contributed by atoms with Crippen LogP contribution >= 0.6 is 0 Å². The van der Waals surface area contributed by atoms with Crippen molar-refractivity contribution in [2.75, 3.05) is 0 Å². The first-order chi connectivity index (χ1) is 8.31. The largest absolute Gasteiger partial charge is 0.507 e. The number of hydrogen-bond donors (Lipinski definition) is 2. The van der Waals surface area contributed by atoms with E-state index in [-0.39, 0.29) is 5.75 Å². The average molecular weight is 227 g/mol. The van der Waals surface area contributed by atoms with Crippen LogP contribution in [-0.4, -0.2) is 16.5 Å². The van der Waals surface area contributed by atoms with Crippen LogP contribution in [0.1, 0.15) is 29.9 Å². The van der Waals surface area contributed by atoms with Gasteiger partial charge in [-0.2, -0.15) is 0 Å². The van der Waals surface area contributed by atoms with Crippen LogP contribution in [0.15, 0.2) is 35.5 Å². The van der Waals surface area contributed by atoms with Gasteiger partial charge >= 0.3 is 0 Å². The summed E-state index contributed by atoms with van der Waals surface area (Å²) in [5.74, 6) is 0.717. The molecule has 0 spiro atoms. The smallest absolute Gasteiger partial charge is 0.128 e. The summed E-state index contributed by atoms with van der Waals surface area (Å²) in [5, 5.41) is 24.0. The molecule has 0 saturated heterocycles. The summed E-state index contributed by atoms with van der Waals surface area (Å²) in [5.41, 5.74) is 1.58. The van der Waals surface area contributed by atoms with E-state index >= 15 is 0 Å². The lowest BCUT2D eigenvalue weighted by molar-refractivity contribution is 0.321. The van der Waals surface area contributed by atoms with E-state index in [9.17, 15) is 5.11 Å². The number of phenols is 1. The van der Waals surface area contributed by atoms with Gasteiger partial charge < -0.3 is 10.3 Å². The molecule has 0 aliphatic heterocycles. The fourth-order valence-corrected chi connectivity index (χ4v) is 2.28. The zero-order valence-corrected chi connectivity index (χ0v) is 9.30. The Labute approximate surface area is 99.0 Å². The maximum Gasteiger partial charge on any atom is 0.128 e. The Morgan fingerprint density at radius 2 is 2.00 bits per heavy atom. The van der Waals surface area contributed by atoms with Gasteiger partial charge in [-0.3, -0.25) is 0 Å². The van der Waals surface area contributed by atoms with Crippen LogP contribution in [0.4, 0.5) is 0 Å². The first-order valence-corrected chi connectivity index (χ1v) is 5.73. The van der Waals surface area contributed by atoms with Crippen molar-refractivity contribution in [3.8, 4) is 5.75 Å². The van der Waals surface area contributed by atoms with Gasteiger partial charge in [0.25, 0.3) is 0 Å². The number of hydrogen-bond acceptors (Lipinski definition) is 3. The molecule has 0 aromatic heterocycles. The van der Waals surface area contributed by atoms with Gasteiger partial charge in [0.15, 0.2) is 0 Å². The van der Waals surface area contributed by atoms with Crippen LogP contribution in [0.3, 0.4) is 0 Å². The van der Waals surface area contributed by atoms with Crippen molar-refractivity contribution in [3.63, 3.8) is 0 Å². The van der Waals surface area contributed by atoms with E-state index in [4.69, 9.17) is 5.21 Å². The van der Waals surface area contributed by atoms with Gasteiger partial charge in [-0.25, -0.2) is 0 Å². The minimum atomic E-state index is 0.254. The fourth-order valence-electron chi connectivity index (χ4n) is 2.28. The maximum atomic E-state index is 10.2.